The molecule has 6 nitrogen and oxygen atoms in total. The van der Waals surface area contributed by atoms with E-state index in [9.17, 15) is 9.59 Å². The minimum Gasteiger partial charge on any atom is -0.478 e. The number of aromatic carboxylic acids is 1. The Balaban J connectivity index is 1.67. The van der Waals surface area contributed by atoms with Crippen LogP contribution in [0.2, 0.25) is 0 Å². The number of hydrogen-bond acceptors (Lipinski definition) is 4. The number of nitrogens with zero attached hydrogens (tertiary/aromatic N) is 2. The number of carboxylic acid groups (broad SMARTS) is 1. The molecule has 0 aliphatic carbocycles. The zero-order valence-electron chi connectivity index (χ0n) is 16.7. The van der Waals surface area contributed by atoms with Crippen molar-refractivity contribution in [1.29, 1.82) is 0 Å². The Kier molecular flexibility index (Phi) is 5.14. The SMILES string of the molecule is CN(C)c1ccc(C2C(Oc3ccccc3)C(=O)N2c2ccc(C(=O)O)cc2)cc1. The smallest absolute Gasteiger partial charge is 0.335 e. The van der Waals surface area contributed by atoms with Gasteiger partial charge in [0.2, 0.25) is 6.10 Å². The number of para-hydroxylation sites is 1. The first-order valence-electron chi connectivity index (χ1n) is 9.61. The number of carbonyl (C=O) groups excluding carboxylic acids is 1. The third kappa shape index (κ3) is 3.59. The van der Waals surface area contributed by atoms with Crippen molar-refractivity contribution < 1.29 is 19.4 Å². The van der Waals surface area contributed by atoms with E-state index in [2.05, 4.69) is 0 Å². The fourth-order valence-electron chi connectivity index (χ4n) is 3.57. The number of hydrogen-bond donors (Lipinski definition) is 1. The molecule has 0 saturated carbocycles. The van der Waals surface area contributed by atoms with Crippen molar-refractivity contribution in [3.8, 4) is 5.75 Å². The van der Waals surface area contributed by atoms with Crippen molar-refractivity contribution in [2.45, 2.75) is 12.1 Å². The maximum absolute atomic E-state index is 13.0. The summed E-state index contributed by atoms with van der Waals surface area (Å²) in [6.07, 6.45) is -0.656. The molecule has 0 bridgehead atoms. The number of carbonyl (C=O) groups is 2. The molecular formula is C24H22N2O4. The van der Waals surface area contributed by atoms with Crippen LogP contribution in [0, 0.1) is 0 Å². The fraction of sp³-hybridized carbons (Fsp3) is 0.167. The summed E-state index contributed by atoms with van der Waals surface area (Å²) in [6.45, 7) is 0. The molecular weight excluding hydrogens is 380 g/mol. The van der Waals surface area contributed by atoms with Gasteiger partial charge in [0.1, 0.15) is 11.8 Å². The summed E-state index contributed by atoms with van der Waals surface area (Å²) < 4.78 is 6.03. The molecule has 2 atom stereocenters. The zero-order valence-corrected chi connectivity index (χ0v) is 16.7. The van der Waals surface area contributed by atoms with Crippen molar-refractivity contribution in [2.75, 3.05) is 23.9 Å². The molecule has 6 heteroatoms. The van der Waals surface area contributed by atoms with Gasteiger partial charge >= 0.3 is 5.97 Å². The Morgan fingerprint density at radius 2 is 1.57 bits per heavy atom. The van der Waals surface area contributed by atoms with Gasteiger partial charge in [-0.05, 0) is 54.1 Å². The summed E-state index contributed by atoms with van der Waals surface area (Å²) in [4.78, 5) is 27.8. The van der Waals surface area contributed by atoms with Gasteiger partial charge in [-0.2, -0.15) is 0 Å². The number of carboxylic acids is 1. The van der Waals surface area contributed by atoms with E-state index in [1.54, 1.807) is 17.0 Å². The molecule has 1 amide bonds. The molecule has 1 heterocycles. The summed E-state index contributed by atoms with van der Waals surface area (Å²) in [5.41, 5.74) is 2.82. The van der Waals surface area contributed by atoms with E-state index in [1.165, 1.54) is 12.1 Å². The van der Waals surface area contributed by atoms with Gasteiger partial charge in [-0.3, -0.25) is 9.69 Å². The number of ether oxygens (including phenoxy) is 1. The lowest BCUT2D eigenvalue weighted by Gasteiger charge is -2.46. The monoisotopic (exact) mass is 402 g/mol. The molecule has 152 valence electrons. The third-order valence-electron chi connectivity index (χ3n) is 5.20. The minimum atomic E-state index is -1.00. The number of benzene rings is 3. The topological polar surface area (TPSA) is 70.1 Å². The van der Waals surface area contributed by atoms with Gasteiger partial charge in [0.25, 0.3) is 5.91 Å². The molecule has 2 unspecified atom stereocenters. The van der Waals surface area contributed by atoms with Crippen molar-refractivity contribution >= 4 is 23.3 Å². The molecule has 1 aliphatic rings. The molecule has 0 spiro atoms. The minimum absolute atomic E-state index is 0.163. The Labute approximate surface area is 174 Å². The summed E-state index contributed by atoms with van der Waals surface area (Å²) >= 11 is 0. The number of anilines is 2. The van der Waals surface area contributed by atoms with Gasteiger partial charge in [-0.25, -0.2) is 4.79 Å². The first-order valence-corrected chi connectivity index (χ1v) is 9.61. The molecule has 3 aromatic rings. The molecule has 1 fully saturated rings. The van der Waals surface area contributed by atoms with E-state index in [1.807, 2.05) is 73.6 Å². The molecule has 0 aromatic heterocycles. The van der Waals surface area contributed by atoms with E-state index in [4.69, 9.17) is 9.84 Å². The van der Waals surface area contributed by atoms with Gasteiger partial charge in [0, 0.05) is 25.5 Å². The van der Waals surface area contributed by atoms with Crippen molar-refractivity contribution in [3.63, 3.8) is 0 Å². The highest BCUT2D eigenvalue weighted by Gasteiger charge is 2.51. The van der Waals surface area contributed by atoms with E-state index < -0.39 is 12.1 Å². The summed E-state index contributed by atoms with van der Waals surface area (Å²) in [6, 6.07) is 23.3. The second kappa shape index (κ2) is 7.91. The summed E-state index contributed by atoms with van der Waals surface area (Å²) in [5, 5.41) is 9.14. The average Bonchev–Trinajstić information content (AvgIpc) is 2.76. The van der Waals surface area contributed by atoms with Crippen molar-refractivity contribution in [3.05, 3.63) is 90.0 Å². The maximum atomic E-state index is 13.0. The van der Waals surface area contributed by atoms with Crippen molar-refractivity contribution in [1.82, 2.24) is 0 Å². The molecule has 30 heavy (non-hydrogen) atoms. The first-order chi connectivity index (χ1) is 14.5. The molecule has 4 rings (SSSR count). The molecule has 0 radical (unpaired) electrons. The predicted molar refractivity (Wildman–Crippen MR) is 115 cm³/mol. The van der Waals surface area contributed by atoms with Crippen LogP contribution in [0.3, 0.4) is 0 Å². The number of amides is 1. The highest BCUT2D eigenvalue weighted by molar-refractivity contribution is 6.05. The summed E-state index contributed by atoms with van der Waals surface area (Å²) in [7, 11) is 3.94. The Morgan fingerprint density at radius 1 is 0.933 bits per heavy atom. The predicted octanol–water partition coefficient (Wildman–Crippen LogP) is 3.99. The second-order valence-corrected chi connectivity index (χ2v) is 7.34. The van der Waals surface area contributed by atoms with E-state index >= 15 is 0 Å². The van der Waals surface area contributed by atoms with Crippen LogP contribution in [0.15, 0.2) is 78.9 Å². The van der Waals surface area contributed by atoms with E-state index in [-0.39, 0.29) is 17.5 Å². The average molecular weight is 402 g/mol. The van der Waals surface area contributed by atoms with Gasteiger partial charge in [-0.1, -0.05) is 30.3 Å². The fourth-order valence-corrected chi connectivity index (χ4v) is 3.57. The van der Waals surface area contributed by atoms with E-state index in [0.717, 1.165) is 11.3 Å². The third-order valence-corrected chi connectivity index (χ3v) is 5.20. The Bertz CT molecular complexity index is 1050. The largest absolute Gasteiger partial charge is 0.478 e. The maximum Gasteiger partial charge on any atom is 0.335 e. The molecule has 1 saturated heterocycles. The van der Waals surface area contributed by atoms with Crippen LogP contribution in [0.5, 0.6) is 5.75 Å². The van der Waals surface area contributed by atoms with Crippen LogP contribution in [-0.2, 0) is 4.79 Å². The first kappa shape index (κ1) is 19.5. The summed E-state index contributed by atoms with van der Waals surface area (Å²) in [5.74, 6) is -0.534. The standard InChI is InChI=1S/C24H22N2O4/c1-25(2)18-12-8-16(9-13-18)21-22(30-20-6-4-3-5-7-20)23(27)26(21)19-14-10-17(11-15-19)24(28)29/h3-15,21-22H,1-2H3,(H,28,29). The van der Waals surface area contributed by atoms with Gasteiger partial charge in [0.05, 0.1) is 5.56 Å². The van der Waals surface area contributed by atoms with Crippen LogP contribution in [0.4, 0.5) is 11.4 Å². The van der Waals surface area contributed by atoms with Gasteiger partial charge < -0.3 is 14.7 Å². The van der Waals surface area contributed by atoms with Gasteiger partial charge in [0.15, 0.2) is 0 Å². The lowest BCUT2D eigenvalue weighted by Crippen LogP contribution is -2.61. The Hall–Kier alpha value is -3.80. The molecule has 1 aliphatic heterocycles. The quantitative estimate of drug-likeness (QED) is 0.632. The number of rotatable bonds is 6. The second-order valence-electron chi connectivity index (χ2n) is 7.34. The van der Waals surface area contributed by atoms with Crippen LogP contribution < -0.4 is 14.5 Å². The molecule has 1 N–H and O–H groups in total. The van der Waals surface area contributed by atoms with Crippen LogP contribution in [-0.4, -0.2) is 37.2 Å². The lowest BCUT2D eigenvalue weighted by atomic mass is 9.89. The Morgan fingerprint density at radius 3 is 2.13 bits per heavy atom. The van der Waals surface area contributed by atoms with Gasteiger partial charge in [-0.15, -0.1) is 0 Å². The van der Waals surface area contributed by atoms with Crippen LogP contribution in [0.1, 0.15) is 22.0 Å². The highest BCUT2D eigenvalue weighted by atomic mass is 16.5. The molecule has 3 aromatic carbocycles. The zero-order chi connectivity index (χ0) is 21.3. The number of β-lactam (4-membered cyclic amide) rings is 1. The van der Waals surface area contributed by atoms with Crippen LogP contribution >= 0.6 is 0 Å². The van der Waals surface area contributed by atoms with E-state index in [0.29, 0.717) is 11.4 Å². The normalized spacial score (nSPS) is 17.9. The lowest BCUT2D eigenvalue weighted by molar-refractivity contribution is -0.135. The van der Waals surface area contributed by atoms with Crippen LogP contribution in [0.25, 0.3) is 0 Å². The highest BCUT2D eigenvalue weighted by Crippen LogP contribution is 2.41. The van der Waals surface area contributed by atoms with Crippen molar-refractivity contribution in [2.24, 2.45) is 0 Å².